The summed E-state index contributed by atoms with van der Waals surface area (Å²) in [4.78, 5) is 24.0. The lowest BCUT2D eigenvalue weighted by Crippen LogP contribution is -2.42. The summed E-state index contributed by atoms with van der Waals surface area (Å²) in [5, 5.41) is 7.95. The Balaban J connectivity index is 2.01. The average Bonchev–Trinajstić information content (AvgIpc) is 2.60. The molecule has 3 N–H and O–H groups in total. The van der Waals surface area contributed by atoms with Crippen molar-refractivity contribution in [2.75, 3.05) is 13.7 Å². The van der Waals surface area contributed by atoms with Crippen LogP contribution < -0.4 is 15.2 Å². The standard InChI is InChI=1S/C17H24N2O6S/c1-11-5-3-4-6-14(11)19-16(20)10-25-17(21)13-9-12(26(18,22)23)7-8-15(13)24-2/h7-9,11,14H,3-6,10H2,1-2H3,(H,19,20)(H2,18,22,23)/t11-,14+/m1/s1. The van der Waals surface area contributed by atoms with E-state index in [9.17, 15) is 18.0 Å². The number of primary sulfonamides is 1. The summed E-state index contributed by atoms with van der Waals surface area (Å²) >= 11 is 0. The highest BCUT2D eigenvalue weighted by atomic mass is 32.2. The molecule has 1 aromatic rings. The zero-order valence-corrected chi connectivity index (χ0v) is 15.7. The lowest BCUT2D eigenvalue weighted by atomic mass is 9.86. The second-order valence-corrected chi connectivity index (χ2v) is 7.98. The first-order valence-electron chi connectivity index (χ1n) is 8.39. The van der Waals surface area contributed by atoms with Crippen LogP contribution in [0.5, 0.6) is 5.75 Å². The number of hydrogen-bond donors (Lipinski definition) is 2. The third-order valence-corrected chi connectivity index (χ3v) is 5.42. The van der Waals surface area contributed by atoms with Crippen molar-refractivity contribution in [2.24, 2.45) is 11.1 Å². The van der Waals surface area contributed by atoms with Crippen molar-refractivity contribution < 1.29 is 27.5 Å². The van der Waals surface area contributed by atoms with E-state index in [2.05, 4.69) is 12.2 Å². The summed E-state index contributed by atoms with van der Waals surface area (Å²) in [6, 6.07) is 3.68. The molecule has 144 valence electrons. The number of benzene rings is 1. The molecule has 8 nitrogen and oxygen atoms in total. The van der Waals surface area contributed by atoms with E-state index in [-0.39, 0.29) is 22.3 Å². The number of ether oxygens (including phenoxy) is 2. The van der Waals surface area contributed by atoms with E-state index in [4.69, 9.17) is 14.6 Å². The first kappa shape index (κ1) is 20.2. The molecule has 0 bridgehead atoms. The van der Waals surface area contributed by atoms with Gasteiger partial charge in [-0.2, -0.15) is 0 Å². The number of carbonyl (C=O) groups is 2. The van der Waals surface area contributed by atoms with E-state index in [1.54, 1.807) is 0 Å². The van der Waals surface area contributed by atoms with Crippen LogP contribution in [0.1, 0.15) is 43.0 Å². The van der Waals surface area contributed by atoms with Gasteiger partial charge in [0.25, 0.3) is 5.91 Å². The lowest BCUT2D eigenvalue weighted by Gasteiger charge is -2.29. The van der Waals surface area contributed by atoms with Crippen LogP contribution in [0.25, 0.3) is 0 Å². The minimum Gasteiger partial charge on any atom is -0.496 e. The van der Waals surface area contributed by atoms with E-state index in [1.165, 1.54) is 19.2 Å². The monoisotopic (exact) mass is 384 g/mol. The molecule has 0 saturated heterocycles. The highest BCUT2D eigenvalue weighted by Gasteiger charge is 2.24. The molecule has 1 fully saturated rings. The van der Waals surface area contributed by atoms with Crippen molar-refractivity contribution in [2.45, 2.75) is 43.5 Å². The Morgan fingerprint density at radius 2 is 1.96 bits per heavy atom. The maximum atomic E-state index is 12.2. The minimum atomic E-state index is -3.98. The normalized spacial score (nSPS) is 20.3. The van der Waals surface area contributed by atoms with E-state index in [0.29, 0.717) is 5.92 Å². The second-order valence-electron chi connectivity index (χ2n) is 6.42. The fraction of sp³-hybridized carbons (Fsp3) is 0.529. The van der Waals surface area contributed by atoms with Gasteiger partial charge in [0.2, 0.25) is 10.0 Å². The van der Waals surface area contributed by atoms with Gasteiger partial charge in [0.15, 0.2) is 6.61 Å². The molecule has 9 heteroatoms. The van der Waals surface area contributed by atoms with Crippen LogP contribution in [0.3, 0.4) is 0 Å². The van der Waals surface area contributed by atoms with Gasteiger partial charge in [-0.15, -0.1) is 0 Å². The molecule has 0 heterocycles. The summed E-state index contributed by atoms with van der Waals surface area (Å²) in [5.41, 5.74) is -0.113. The van der Waals surface area contributed by atoms with Crippen LogP contribution in [0.2, 0.25) is 0 Å². The summed E-state index contributed by atoms with van der Waals surface area (Å²) in [6.45, 7) is 1.63. The van der Waals surface area contributed by atoms with Crippen molar-refractivity contribution in [3.63, 3.8) is 0 Å². The Kier molecular flexibility index (Phi) is 6.60. The molecule has 1 saturated carbocycles. The minimum absolute atomic E-state index is 0.0789. The predicted molar refractivity (Wildman–Crippen MR) is 94.2 cm³/mol. The number of carbonyl (C=O) groups excluding carboxylic acids is 2. The number of nitrogens with one attached hydrogen (secondary N) is 1. The predicted octanol–water partition coefficient (Wildman–Crippen LogP) is 1.19. The molecular weight excluding hydrogens is 360 g/mol. The molecule has 0 unspecified atom stereocenters. The van der Waals surface area contributed by atoms with Crippen LogP contribution in [0.15, 0.2) is 23.1 Å². The molecule has 0 aliphatic heterocycles. The summed E-state index contributed by atoms with van der Waals surface area (Å²) in [6.07, 6.45) is 4.18. The topological polar surface area (TPSA) is 125 Å². The Bertz CT molecular complexity index is 777. The highest BCUT2D eigenvalue weighted by molar-refractivity contribution is 7.89. The maximum Gasteiger partial charge on any atom is 0.342 e. The first-order valence-corrected chi connectivity index (χ1v) is 9.94. The van der Waals surface area contributed by atoms with Crippen molar-refractivity contribution in [3.8, 4) is 5.75 Å². The smallest absolute Gasteiger partial charge is 0.342 e. The first-order chi connectivity index (χ1) is 12.2. The number of methoxy groups -OCH3 is 1. The molecular formula is C17H24N2O6S. The summed E-state index contributed by atoms with van der Waals surface area (Å²) in [5.74, 6) is -0.739. The highest BCUT2D eigenvalue weighted by Crippen LogP contribution is 2.24. The van der Waals surface area contributed by atoms with Gasteiger partial charge in [0.05, 0.1) is 12.0 Å². The number of amides is 1. The van der Waals surface area contributed by atoms with Gasteiger partial charge >= 0.3 is 5.97 Å². The van der Waals surface area contributed by atoms with E-state index < -0.39 is 28.5 Å². The Morgan fingerprint density at radius 1 is 1.27 bits per heavy atom. The quantitative estimate of drug-likeness (QED) is 0.710. The van der Waals surface area contributed by atoms with Crippen LogP contribution in [0, 0.1) is 5.92 Å². The van der Waals surface area contributed by atoms with Crippen molar-refractivity contribution >= 4 is 21.9 Å². The van der Waals surface area contributed by atoms with Gasteiger partial charge in [-0.1, -0.05) is 19.8 Å². The van der Waals surface area contributed by atoms with Gasteiger partial charge in [-0.3, -0.25) is 4.79 Å². The van der Waals surface area contributed by atoms with Gasteiger partial charge in [-0.25, -0.2) is 18.4 Å². The Labute approximate surface area is 153 Å². The molecule has 1 aliphatic carbocycles. The fourth-order valence-corrected chi connectivity index (χ4v) is 3.55. The summed E-state index contributed by atoms with van der Waals surface area (Å²) in [7, 11) is -2.65. The molecule has 26 heavy (non-hydrogen) atoms. The molecule has 0 aromatic heterocycles. The maximum absolute atomic E-state index is 12.2. The van der Waals surface area contributed by atoms with Crippen molar-refractivity contribution in [1.82, 2.24) is 5.32 Å². The molecule has 0 spiro atoms. The fourth-order valence-electron chi connectivity index (χ4n) is 3.01. The van der Waals surface area contributed by atoms with Crippen molar-refractivity contribution in [3.05, 3.63) is 23.8 Å². The second kappa shape index (κ2) is 8.50. The van der Waals surface area contributed by atoms with Gasteiger partial charge in [0.1, 0.15) is 11.3 Å². The van der Waals surface area contributed by atoms with Gasteiger partial charge in [0, 0.05) is 6.04 Å². The third kappa shape index (κ3) is 5.18. The van der Waals surface area contributed by atoms with Gasteiger partial charge < -0.3 is 14.8 Å². The zero-order valence-electron chi connectivity index (χ0n) is 14.9. The van der Waals surface area contributed by atoms with Crippen LogP contribution in [-0.2, 0) is 19.6 Å². The van der Waals surface area contributed by atoms with Crippen molar-refractivity contribution in [1.29, 1.82) is 0 Å². The molecule has 2 rings (SSSR count). The van der Waals surface area contributed by atoms with Gasteiger partial charge in [-0.05, 0) is 37.0 Å². The van der Waals surface area contributed by atoms with Crippen LogP contribution in [0.4, 0.5) is 0 Å². The van der Waals surface area contributed by atoms with E-state index in [0.717, 1.165) is 31.7 Å². The Morgan fingerprint density at radius 3 is 2.58 bits per heavy atom. The number of rotatable bonds is 6. The SMILES string of the molecule is COc1ccc(S(N)(=O)=O)cc1C(=O)OCC(=O)N[C@H]1CCCC[C@H]1C. The van der Waals surface area contributed by atoms with Crippen LogP contribution >= 0.6 is 0 Å². The number of esters is 1. The number of hydrogen-bond acceptors (Lipinski definition) is 6. The van der Waals surface area contributed by atoms with Crippen LogP contribution in [-0.4, -0.2) is 40.1 Å². The Hall–Kier alpha value is -2.13. The molecule has 0 radical (unpaired) electrons. The largest absolute Gasteiger partial charge is 0.496 e. The van der Waals surface area contributed by atoms with E-state index >= 15 is 0 Å². The molecule has 2 atom stereocenters. The zero-order chi connectivity index (χ0) is 19.3. The molecule has 1 amide bonds. The molecule has 1 aromatic carbocycles. The van der Waals surface area contributed by atoms with E-state index in [1.807, 2.05) is 0 Å². The lowest BCUT2D eigenvalue weighted by molar-refractivity contribution is -0.125. The average molecular weight is 384 g/mol. The molecule has 1 aliphatic rings. The number of sulfonamides is 1. The third-order valence-electron chi connectivity index (χ3n) is 4.51. The number of nitrogens with two attached hydrogens (primary N) is 1. The summed E-state index contributed by atoms with van der Waals surface area (Å²) < 4.78 is 32.9.